The standard InChI is InChI=1S/C12H22BrNO2/c1-14(8-4-2-3-7-13)12(15)11-6-5-9-16-10-11/h11H,2-10H2,1H3. The van der Waals surface area contributed by atoms with Crippen LogP contribution < -0.4 is 0 Å². The SMILES string of the molecule is CN(CCCCCBr)C(=O)C1CCCOC1. The molecule has 1 unspecified atom stereocenters. The molecule has 1 atom stereocenters. The van der Waals surface area contributed by atoms with Crippen LogP contribution in [-0.4, -0.2) is 42.9 Å². The number of alkyl halides is 1. The molecule has 1 aliphatic rings. The predicted molar refractivity (Wildman–Crippen MR) is 68.8 cm³/mol. The fourth-order valence-electron chi connectivity index (χ4n) is 1.98. The number of ether oxygens (including phenoxy) is 1. The lowest BCUT2D eigenvalue weighted by Crippen LogP contribution is -2.37. The van der Waals surface area contributed by atoms with E-state index in [1.54, 1.807) is 0 Å². The molecule has 1 rings (SSSR count). The molecule has 3 nitrogen and oxygen atoms in total. The molecule has 0 aromatic rings. The lowest BCUT2D eigenvalue weighted by atomic mass is 10.0. The van der Waals surface area contributed by atoms with Crippen LogP contribution in [0.5, 0.6) is 0 Å². The van der Waals surface area contributed by atoms with Crippen molar-refractivity contribution in [3.05, 3.63) is 0 Å². The van der Waals surface area contributed by atoms with Crippen molar-refractivity contribution in [2.24, 2.45) is 5.92 Å². The Kier molecular flexibility index (Phi) is 7.05. The van der Waals surface area contributed by atoms with E-state index in [1.165, 1.54) is 12.8 Å². The van der Waals surface area contributed by atoms with Crippen LogP contribution in [0.15, 0.2) is 0 Å². The highest BCUT2D eigenvalue weighted by Crippen LogP contribution is 2.16. The minimum Gasteiger partial charge on any atom is -0.381 e. The van der Waals surface area contributed by atoms with Crippen LogP contribution in [0.4, 0.5) is 0 Å². The molecule has 0 N–H and O–H groups in total. The average Bonchev–Trinajstić information content (AvgIpc) is 2.34. The lowest BCUT2D eigenvalue weighted by Gasteiger charge is -2.26. The van der Waals surface area contributed by atoms with E-state index in [2.05, 4.69) is 15.9 Å². The van der Waals surface area contributed by atoms with E-state index in [1.807, 2.05) is 11.9 Å². The van der Waals surface area contributed by atoms with Gasteiger partial charge in [-0.25, -0.2) is 0 Å². The maximum absolute atomic E-state index is 12.0. The van der Waals surface area contributed by atoms with Crippen LogP contribution in [0.25, 0.3) is 0 Å². The molecule has 94 valence electrons. The van der Waals surface area contributed by atoms with Crippen LogP contribution in [-0.2, 0) is 9.53 Å². The van der Waals surface area contributed by atoms with E-state index in [0.29, 0.717) is 6.61 Å². The van der Waals surface area contributed by atoms with Gasteiger partial charge in [0.05, 0.1) is 12.5 Å². The number of unbranched alkanes of at least 4 members (excludes halogenated alkanes) is 2. The normalized spacial score (nSPS) is 20.8. The fraction of sp³-hybridized carbons (Fsp3) is 0.917. The zero-order valence-electron chi connectivity index (χ0n) is 10.1. The first-order valence-corrected chi connectivity index (χ1v) is 7.26. The third-order valence-corrected chi connectivity index (χ3v) is 3.57. The molecule has 0 aliphatic carbocycles. The van der Waals surface area contributed by atoms with Crippen molar-refractivity contribution < 1.29 is 9.53 Å². The predicted octanol–water partition coefficient (Wildman–Crippen LogP) is 2.44. The quantitative estimate of drug-likeness (QED) is 0.556. The molecule has 0 aromatic carbocycles. The Hall–Kier alpha value is -0.0900. The number of hydrogen-bond acceptors (Lipinski definition) is 2. The molecule has 1 saturated heterocycles. The van der Waals surface area contributed by atoms with Crippen LogP contribution in [0, 0.1) is 5.92 Å². The first-order valence-electron chi connectivity index (χ1n) is 6.14. The highest BCUT2D eigenvalue weighted by atomic mass is 79.9. The van der Waals surface area contributed by atoms with Crippen molar-refractivity contribution in [2.75, 3.05) is 32.1 Å². The van der Waals surface area contributed by atoms with Gasteiger partial charge in [-0.1, -0.05) is 22.4 Å². The Morgan fingerprint density at radius 2 is 2.25 bits per heavy atom. The summed E-state index contributed by atoms with van der Waals surface area (Å²) >= 11 is 3.41. The summed E-state index contributed by atoms with van der Waals surface area (Å²) in [5, 5.41) is 1.06. The minimum absolute atomic E-state index is 0.106. The second kappa shape index (κ2) is 8.07. The molecule has 4 heteroatoms. The third kappa shape index (κ3) is 4.83. The number of halogens is 1. The summed E-state index contributed by atoms with van der Waals surface area (Å²) in [6.45, 7) is 2.31. The summed E-state index contributed by atoms with van der Waals surface area (Å²) in [5.41, 5.74) is 0. The highest BCUT2D eigenvalue weighted by molar-refractivity contribution is 9.09. The molecule has 0 spiro atoms. The third-order valence-electron chi connectivity index (χ3n) is 3.01. The number of hydrogen-bond donors (Lipinski definition) is 0. The maximum atomic E-state index is 12.0. The van der Waals surface area contributed by atoms with Crippen molar-refractivity contribution >= 4 is 21.8 Å². The van der Waals surface area contributed by atoms with E-state index in [4.69, 9.17) is 4.74 Å². The van der Waals surface area contributed by atoms with Gasteiger partial charge in [-0.2, -0.15) is 0 Å². The zero-order valence-corrected chi connectivity index (χ0v) is 11.7. The Morgan fingerprint density at radius 1 is 1.44 bits per heavy atom. The summed E-state index contributed by atoms with van der Waals surface area (Å²) in [4.78, 5) is 13.9. The number of amides is 1. The topological polar surface area (TPSA) is 29.5 Å². The fourth-order valence-corrected chi connectivity index (χ4v) is 2.37. The van der Waals surface area contributed by atoms with Gasteiger partial charge in [0.25, 0.3) is 0 Å². The largest absolute Gasteiger partial charge is 0.381 e. The first-order chi connectivity index (χ1) is 7.75. The highest BCUT2D eigenvalue weighted by Gasteiger charge is 2.24. The molecule has 0 aromatic heterocycles. The van der Waals surface area contributed by atoms with Crippen molar-refractivity contribution in [3.8, 4) is 0 Å². The molecule has 1 amide bonds. The number of nitrogens with zero attached hydrogens (tertiary/aromatic N) is 1. The summed E-state index contributed by atoms with van der Waals surface area (Å²) in [5.74, 6) is 0.369. The van der Waals surface area contributed by atoms with Crippen molar-refractivity contribution in [1.82, 2.24) is 4.90 Å². The van der Waals surface area contributed by atoms with Crippen molar-refractivity contribution in [1.29, 1.82) is 0 Å². The van der Waals surface area contributed by atoms with Gasteiger partial charge in [0.15, 0.2) is 0 Å². The van der Waals surface area contributed by atoms with Crippen LogP contribution in [0.3, 0.4) is 0 Å². The summed E-state index contributed by atoms with van der Waals surface area (Å²) in [6, 6.07) is 0. The van der Waals surface area contributed by atoms with Crippen LogP contribution >= 0.6 is 15.9 Å². The Labute approximate surface area is 107 Å². The molecule has 0 saturated carbocycles. The summed E-state index contributed by atoms with van der Waals surface area (Å²) < 4.78 is 5.34. The zero-order chi connectivity index (χ0) is 11.8. The Morgan fingerprint density at radius 3 is 2.88 bits per heavy atom. The number of carbonyl (C=O) groups is 1. The molecule has 1 aliphatic heterocycles. The number of carbonyl (C=O) groups excluding carboxylic acids is 1. The molecule has 0 bridgehead atoms. The van der Waals surface area contributed by atoms with E-state index < -0.39 is 0 Å². The second-order valence-corrected chi connectivity index (χ2v) is 5.22. The number of rotatable bonds is 6. The van der Waals surface area contributed by atoms with E-state index in [0.717, 1.165) is 37.7 Å². The second-order valence-electron chi connectivity index (χ2n) is 4.42. The van der Waals surface area contributed by atoms with E-state index in [9.17, 15) is 4.79 Å². The Balaban J connectivity index is 2.18. The van der Waals surface area contributed by atoms with Gasteiger partial charge in [0.2, 0.25) is 5.91 Å². The minimum atomic E-state index is 0.106. The van der Waals surface area contributed by atoms with Crippen molar-refractivity contribution in [2.45, 2.75) is 32.1 Å². The van der Waals surface area contributed by atoms with Crippen molar-refractivity contribution in [3.63, 3.8) is 0 Å². The van der Waals surface area contributed by atoms with Gasteiger partial charge in [0.1, 0.15) is 0 Å². The molecule has 0 radical (unpaired) electrons. The smallest absolute Gasteiger partial charge is 0.227 e. The van der Waals surface area contributed by atoms with Gasteiger partial charge in [-0.3, -0.25) is 4.79 Å². The summed E-state index contributed by atoms with van der Waals surface area (Å²) in [6.07, 6.45) is 5.48. The molecular weight excluding hydrogens is 270 g/mol. The average molecular weight is 292 g/mol. The Bertz CT molecular complexity index is 205. The molecular formula is C12H22BrNO2. The first kappa shape index (κ1) is 14.0. The molecule has 1 fully saturated rings. The monoisotopic (exact) mass is 291 g/mol. The van der Waals surface area contributed by atoms with E-state index in [-0.39, 0.29) is 11.8 Å². The summed E-state index contributed by atoms with van der Waals surface area (Å²) in [7, 11) is 1.91. The van der Waals surface area contributed by atoms with Gasteiger partial charge < -0.3 is 9.64 Å². The van der Waals surface area contributed by atoms with Crippen LogP contribution in [0.1, 0.15) is 32.1 Å². The van der Waals surface area contributed by atoms with Gasteiger partial charge in [0, 0.05) is 25.5 Å². The van der Waals surface area contributed by atoms with Gasteiger partial charge >= 0.3 is 0 Å². The van der Waals surface area contributed by atoms with Gasteiger partial charge in [-0.15, -0.1) is 0 Å². The molecule has 1 heterocycles. The molecule has 16 heavy (non-hydrogen) atoms. The maximum Gasteiger partial charge on any atom is 0.227 e. The lowest BCUT2D eigenvalue weighted by molar-refractivity contribution is -0.138. The van der Waals surface area contributed by atoms with E-state index >= 15 is 0 Å². The van der Waals surface area contributed by atoms with Gasteiger partial charge in [-0.05, 0) is 25.7 Å². The van der Waals surface area contributed by atoms with Crippen LogP contribution in [0.2, 0.25) is 0 Å².